The van der Waals surface area contributed by atoms with Crippen LogP contribution >= 0.6 is 0 Å². The highest BCUT2D eigenvalue weighted by Crippen LogP contribution is 2.03. The fraction of sp³-hybridized carbons (Fsp3) is 0.889. The van der Waals surface area contributed by atoms with Crippen molar-refractivity contribution in [2.75, 3.05) is 13.7 Å². The van der Waals surface area contributed by atoms with Gasteiger partial charge < -0.3 is 9.47 Å². The first-order valence-electron chi connectivity index (χ1n) is 6.68. The van der Waals surface area contributed by atoms with E-state index in [0.29, 0.717) is 6.61 Å². The smallest absolute Gasteiger partial charge is 0.308 e. The normalized spacial score (nSPS) is 10.5. The van der Waals surface area contributed by atoms with E-state index in [1.165, 1.54) is 7.11 Å². The lowest BCUT2D eigenvalue weighted by molar-refractivity contribution is -0.148. The lowest BCUT2D eigenvalue weighted by atomic mass is 10.1. The largest absolute Gasteiger partial charge is 0.469 e. The van der Waals surface area contributed by atoms with Gasteiger partial charge in [-0.15, -0.1) is 0 Å². The van der Waals surface area contributed by atoms with Gasteiger partial charge in [-0.3, -0.25) is 9.59 Å². The van der Waals surface area contributed by atoms with E-state index >= 15 is 0 Å². The maximum Gasteiger partial charge on any atom is 0.308 e. The van der Waals surface area contributed by atoms with Crippen LogP contribution in [0.25, 0.3) is 0 Å². The van der Waals surface area contributed by atoms with Crippen molar-refractivity contribution in [2.45, 2.75) is 83.6 Å². The molecule has 0 N–H and O–H groups in total. The molecule has 140 valence electrons. The minimum absolute atomic E-state index is 0. The molecule has 0 aromatic heterocycles. The summed E-state index contributed by atoms with van der Waals surface area (Å²) < 4.78 is 9.37. The number of hydrogen-bond donors (Lipinski definition) is 0. The first kappa shape index (κ1) is 37.3. The zero-order valence-corrected chi connectivity index (χ0v) is 12.6. The van der Waals surface area contributed by atoms with Crippen LogP contribution in [0, 0.1) is 11.8 Å². The highest BCUT2D eigenvalue weighted by Gasteiger charge is 2.10. The van der Waals surface area contributed by atoms with Crippen molar-refractivity contribution in [1.29, 1.82) is 0 Å². The number of rotatable bonds is 6. The SMILES string of the molecule is C.C.C.C.CCC(C)C(=O)OC.CCCOC(=O)C(C)CC. The van der Waals surface area contributed by atoms with Gasteiger partial charge in [0.25, 0.3) is 0 Å². The summed E-state index contributed by atoms with van der Waals surface area (Å²) >= 11 is 0. The standard InChI is InChI=1S/C8H16O2.C6H12O2.4CH4/c1-4-6-10-8(9)7(3)5-2;1-4-5(2)6(7)8-3;;;;/h7H,4-6H2,1-3H3;5H,4H2,1-3H3;4*1H4. The number of esters is 2. The third-order valence-electron chi connectivity index (χ3n) is 2.68. The van der Waals surface area contributed by atoms with E-state index in [1.807, 2.05) is 34.6 Å². The highest BCUT2D eigenvalue weighted by molar-refractivity contribution is 5.72. The van der Waals surface area contributed by atoms with E-state index in [9.17, 15) is 9.59 Å². The number of methoxy groups -OCH3 is 1. The van der Waals surface area contributed by atoms with Crippen molar-refractivity contribution in [1.82, 2.24) is 0 Å². The van der Waals surface area contributed by atoms with Crippen LogP contribution in [0.3, 0.4) is 0 Å². The fourth-order valence-electron chi connectivity index (χ4n) is 0.879. The quantitative estimate of drug-likeness (QED) is 0.585. The monoisotopic (exact) mass is 324 g/mol. The Kier molecular flexibility index (Phi) is 42.3. The number of ether oxygens (including phenoxy) is 2. The summed E-state index contributed by atoms with van der Waals surface area (Å²) in [5.41, 5.74) is 0. The molecule has 0 heterocycles. The molecular formula is C18H44O4. The zero-order chi connectivity index (χ0) is 14.6. The Morgan fingerprint density at radius 3 is 1.41 bits per heavy atom. The van der Waals surface area contributed by atoms with Crippen LogP contribution in [0.1, 0.15) is 83.6 Å². The van der Waals surface area contributed by atoms with Crippen LogP contribution < -0.4 is 0 Å². The van der Waals surface area contributed by atoms with Crippen LogP contribution in [-0.4, -0.2) is 25.7 Å². The second kappa shape index (κ2) is 24.9. The van der Waals surface area contributed by atoms with Gasteiger partial charge in [0.05, 0.1) is 25.6 Å². The summed E-state index contributed by atoms with van der Waals surface area (Å²) in [5.74, 6) is -0.0663. The third-order valence-corrected chi connectivity index (χ3v) is 2.68. The van der Waals surface area contributed by atoms with Crippen molar-refractivity contribution in [2.24, 2.45) is 11.8 Å². The maximum absolute atomic E-state index is 10.9. The molecule has 0 fully saturated rings. The lowest BCUT2D eigenvalue weighted by Gasteiger charge is -2.07. The molecule has 0 aromatic carbocycles. The minimum Gasteiger partial charge on any atom is -0.469 e. The van der Waals surface area contributed by atoms with E-state index in [4.69, 9.17) is 4.74 Å². The number of carbonyl (C=O) groups excluding carboxylic acids is 2. The van der Waals surface area contributed by atoms with Crippen molar-refractivity contribution in [3.05, 3.63) is 0 Å². The van der Waals surface area contributed by atoms with E-state index < -0.39 is 0 Å². The molecule has 0 radical (unpaired) electrons. The van der Waals surface area contributed by atoms with Gasteiger partial charge in [0.2, 0.25) is 0 Å². The van der Waals surface area contributed by atoms with Gasteiger partial charge in [-0.05, 0) is 19.3 Å². The van der Waals surface area contributed by atoms with Crippen molar-refractivity contribution >= 4 is 11.9 Å². The van der Waals surface area contributed by atoms with Gasteiger partial charge in [0.1, 0.15) is 0 Å². The van der Waals surface area contributed by atoms with Gasteiger partial charge in [-0.25, -0.2) is 0 Å². The first-order valence-corrected chi connectivity index (χ1v) is 6.68. The zero-order valence-electron chi connectivity index (χ0n) is 12.6. The van der Waals surface area contributed by atoms with E-state index in [-0.39, 0.29) is 53.5 Å². The molecule has 0 aliphatic heterocycles. The van der Waals surface area contributed by atoms with E-state index in [0.717, 1.165) is 19.3 Å². The Morgan fingerprint density at radius 1 is 0.818 bits per heavy atom. The molecule has 4 nitrogen and oxygen atoms in total. The number of carbonyl (C=O) groups is 2. The Hall–Kier alpha value is -1.06. The van der Waals surface area contributed by atoms with Crippen LogP contribution in [0.4, 0.5) is 0 Å². The average molecular weight is 325 g/mol. The van der Waals surface area contributed by atoms with Crippen LogP contribution in [0.5, 0.6) is 0 Å². The Balaban J connectivity index is -0.0000000500. The molecule has 0 aromatic rings. The number of hydrogen-bond acceptors (Lipinski definition) is 4. The molecule has 2 atom stereocenters. The fourth-order valence-corrected chi connectivity index (χ4v) is 0.879. The third kappa shape index (κ3) is 21.2. The minimum atomic E-state index is -0.118. The topological polar surface area (TPSA) is 52.6 Å². The van der Waals surface area contributed by atoms with E-state index in [2.05, 4.69) is 4.74 Å². The summed E-state index contributed by atoms with van der Waals surface area (Å²) in [7, 11) is 1.41. The molecule has 2 unspecified atom stereocenters. The molecule has 0 spiro atoms. The molecule has 0 aliphatic rings. The maximum atomic E-state index is 10.9. The Labute approximate surface area is 141 Å². The van der Waals surface area contributed by atoms with Crippen LogP contribution in [0.2, 0.25) is 0 Å². The molecule has 22 heavy (non-hydrogen) atoms. The molecule has 0 amide bonds. The average Bonchev–Trinajstić information content (AvgIpc) is 2.42. The summed E-state index contributed by atoms with van der Waals surface area (Å²) in [6.07, 6.45) is 2.62. The lowest BCUT2D eigenvalue weighted by Crippen LogP contribution is -2.14. The molecular weight excluding hydrogens is 280 g/mol. The van der Waals surface area contributed by atoms with Gasteiger partial charge >= 0.3 is 11.9 Å². The Bertz CT molecular complexity index is 227. The predicted molar refractivity (Wildman–Crippen MR) is 99.1 cm³/mol. The highest BCUT2D eigenvalue weighted by atomic mass is 16.5. The van der Waals surface area contributed by atoms with E-state index in [1.54, 1.807) is 0 Å². The van der Waals surface area contributed by atoms with Gasteiger partial charge in [-0.1, -0.05) is 64.3 Å². The second-order valence-electron chi connectivity index (χ2n) is 4.31. The van der Waals surface area contributed by atoms with Gasteiger partial charge in [-0.2, -0.15) is 0 Å². The summed E-state index contributed by atoms with van der Waals surface area (Å²) in [4.78, 5) is 21.4. The summed E-state index contributed by atoms with van der Waals surface area (Å²) in [6.45, 7) is 10.2. The van der Waals surface area contributed by atoms with Gasteiger partial charge in [0, 0.05) is 0 Å². The molecule has 0 bridgehead atoms. The predicted octanol–water partition coefficient (Wildman–Crippen LogP) is 5.74. The summed E-state index contributed by atoms with van der Waals surface area (Å²) in [6, 6.07) is 0. The Morgan fingerprint density at radius 2 is 1.18 bits per heavy atom. The van der Waals surface area contributed by atoms with Crippen LogP contribution in [-0.2, 0) is 19.1 Å². The molecule has 4 heteroatoms. The molecule has 0 saturated heterocycles. The molecule has 0 saturated carbocycles. The van der Waals surface area contributed by atoms with Gasteiger partial charge in [0.15, 0.2) is 0 Å². The van der Waals surface area contributed by atoms with Crippen LogP contribution in [0.15, 0.2) is 0 Å². The van der Waals surface area contributed by atoms with Crippen molar-refractivity contribution in [3.63, 3.8) is 0 Å². The first-order chi connectivity index (χ1) is 8.44. The van der Waals surface area contributed by atoms with Crippen molar-refractivity contribution < 1.29 is 19.1 Å². The molecule has 0 aliphatic carbocycles. The second-order valence-corrected chi connectivity index (χ2v) is 4.31. The summed E-state index contributed by atoms with van der Waals surface area (Å²) in [5, 5.41) is 0. The van der Waals surface area contributed by atoms with Crippen molar-refractivity contribution in [3.8, 4) is 0 Å². The molecule has 0 rings (SSSR count).